The number of hydrogen-bond acceptors (Lipinski definition) is 4. The predicted molar refractivity (Wildman–Crippen MR) is 108 cm³/mol. The number of carboxylic acid groups (broad SMARTS) is 1. The van der Waals surface area contributed by atoms with Gasteiger partial charge in [0.25, 0.3) is 5.56 Å². The second-order valence-electron chi connectivity index (χ2n) is 6.73. The molecule has 8 heteroatoms. The lowest BCUT2D eigenvalue weighted by molar-refractivity contribution is -0.116. The van der Waals surface area contributed by atoms with Crippen LogP contribution in [-0.4, -0.2) is 31.2 Å². The van der Waals surface area contributed by atoms with Crippen LogP contribution in [-0.2, 0) is 18.3 Å². The first kappa shape index (κ1) is 18.4. The fourth-order valence-corrected chi connectivity index (χ4v) is 3.31. The Hall–Kier alpha value is -3.94. The summed E-state index contributed by atoms with van der Waals surface area (Å²) >= 11 is 0. The average molecular weight is 390 g/mol. The van der Waals surface area contributed by atoms with Gasteiger partial charge >= 0.3 is 5.97 Å². The molecule has 0 aliphatic rings. The zero-order valence-electron chi connectivity index (χ0n) is 15.6. The SMILES string of the molecule is Cn1c2ccc(NC(=O)CCc3ccccc3)cc2c(=O)n2nc(C(=O)O)cc12. The van der Waals surface area contributed by atoms with Crippen LogP contribution >= 0.6 is 0 Å². The van der Waals surface area contributed by atoms with Crippen molar-refractivity contribution in [2.75, 3.05) is 5.32 Å². The van der Waals surface area contributed by atoms with E-state index in [-0.39, 0.29) is 11.6 Å². The number of fused-ring (bicyclic) bond motifs is 2. The minimum absolute atomic E-state index is 0.154. The van der Waals surface area contributed by atoms with E-state index in [1.54, 1.807) is 29.8 Å². The molecule has 2 aromatic carbocycles. The lowest BCUT2D eigenvalue weighted by Crippen LogP contribution is -2.19. The number of nitrogens with one attached hydrogen (secondary N) is 1. The van der Waals surface area contributed by atoms with Crippen molar-refractivity contribution in [1.82, 2.24) is 14.2 Å². The molecule has 0 saturated heterocycles. The molecule has 146 valence electrons. The minimum Gasteiger partial charge on any atom is -0.476 e. The Morgan fingerprint density at radius 2 is 1.86 bits per heavy atom. The van der Waals surface area contributed by atoms with E-state index in [9.17, 15) is 14.4 Å². The van der Waals surface area contributed by atoms with E-state index in [0.717, 1.165) is 10.1 Å². The lowest BCUT2D eigenvalue weighted by Gasteiger charge is -2.10. The third kappa shape index (κ3) is 3.47. The van der Waals surface area contributed by atoms with Crippen molar-refractivity contribution in [2.45, 2.75) is 12.8 Å². The molecule has 0 bridgehead atoms. The fourth-order valence-electron chi connectivity index (χ4n) is 3.31. The maximum Gasteiger partial charge on any atom is 0.356 e. The number of benzene rings is 2. The number of nitrogens with zero attached hydrogens (tertiary/aromatic N) is 3. The van der Waals surface area contributed by atoms with Gasteiger partial charge in [-0.1, -0.05) is 30.3 Å². The van der Waals surface area contributed by atoms with E-state index < -0.39 is 11.5 Å². The quantitative estimate of drug-likeness (QED) is 0.545. The molecule has 2 heterocycles. The Balaban J connectivity index is 1.64. The summed E-state index contributed by atoms with van der Waals surface area (Å²) in [6.45, 7) is 0. The highest BCUT2D eigenvalue weighted by atomic mass is 16.4. The van der Waals surface area contributed by atoms with Gasteiger partial charge in [0.05, 0.1) is 10.9 Å². The number of carbonyl (C=O) groups excluding carboxylic acids is 1. The number of rotatable bonds is 5. The van der Waals surface area contributed by atoms with E-state index >= 15 is 0 Å². The second kappa shape index (κ2) is 7.23. The van der Waals surface area contributed by atoms with E-state index in [4.69, 9.17) is 5.11 Å². The van der Waals surface area contributed by atoms with Crippen LogP contribution in [0.2, 0.25) is 0 Å². The Labute approximate surface area is 165 Å². The summed E-state index contributed by atoms with van der Waals surface area (Å²) in [7, 11) is 1.72. The number of aromatic carboxylic acids is 1. The molecule has 1 amide bonds. The Morgan fingerprint density at radius 3 is 2.59 bits per heavy atom. The van der Waals surface area contributed by atoms with Crippen LogP contribution < -0.4 is 10.9 Å². The van der Waals surface area contributed by atoms with Gasteiger partial charge in [-0.05, 0) is 30.2 Å². The number of hydrogen-bond donors (Lipinski definition) is 2. The van der Waals surface area contributed by atoms with E-state index in [1.165, 1.54) is 6.07 Å². The van der Waals surface area contributed by atoms with Gasteiger partial charge in [0.2, 0.25) is 5.91 Å². The van der Waals surface area contributed by atoms with Crippen molar-refractivity contribution in [3.8, 4) is 0 Å². The molecule has 0 aliphatic heterocycles. The van der Waals surface area contributed by atoms with Crippen LogP contribution in [0.4, 0.5) is 5.69 Å². The predicted octanol–water partition coefficient (Wildman–Crippen LogP) is 2.46. The standard InChI is InChI=1S/C21H18N4O4/c1-24-17-9-8-14(22-18(26)10-7-13-5-3-2-4-6-13)11-15(17)20(27)25-19(24)12-16(23-25)21(28)29/h2-6,8-9,11-12H,7,10H2,1H3,(H,22,26)(H,28,29). The largest absolute Gasteiger partial charge is 0.476 e. The molecule has 4 aromatic rings. The average Bonchev–Trinajstić information content (AvgIpc) is 3.18. The van der Waals surface area contributed by atoms with Crippen molar-refractivity contribution in [3.05, 3.63) is 76.2 Å². The van der Waals surface area contributed by atoms with E-state index in [2.05, 4.69) is 10.4 Å². The Bertz CT molecular complexity index is 1310. The number of aromatic nitrogens is 3. The molecule has 8 nitrogen and oxygen atoms in total. The highest BCUT2D eigenvalue weighted by Crippen LogP contribution is 2.19. The molecule has 0 saturated carbocycles. The van der Waals surface area contributed by atoms with Crippen LogP contribution in [0.15, 0.2) is 59.4 Å². The van der Waals surface area contributed by atoms with Gasteiger partial charge in [-0.2, -0.15) is 9.61 Å². The van der Waals surface area contributed by atoms with Crippen molar-refractivity contribution in [2.24, 2.45) is 7.05 Å². The van der Waals surface area contributed by atoms with Gasteiger partial charge in [0.1, 0.15) is 5.65 Å². The van der Waals surface area contributed by atoms with Gasteiger partial charge in [0, 0.05) is 25.2 Å². The molecule has 4 rings (SSSR count). The van der Waals surface area contributed by atoms with Crippen LogP contribution in [0.1, 0.15) is 22.5 Å². The molecule has 29 heavy (non-hydrogen) atoms. The summed E-state index contributed by atoms with van der Waals surface area (Å²) in [5.41, 5.74) is 1.91. The summed E-state index contributed by atoms with van der Waals surface area (Å²) in [4.78, 5) is 36.3. The highest BCUT2D eigenvalue weighted by Gasteiger charge is 2.16. The van der Waals surface area contributed by atoms with Crippen LogP contribution in [0.5, 0.6) is 0 Å². The van der Waals surface area contributed by atoms with E-state index in [0.29, 0.717) is 35.1 Å². The molecule has 0 spiro atoms. The Kier molecular flexibility index (Phi) is 4.59. The zero-order chi connectivity index (χ0) is 20.5. The van der Waals surface area contributed by atoms with Gasteiger partial charge in [-0.25, -0.2) is 4.79 Å². The first-order valence-corrected chi connectivity index (χ1v) is 9.03. The van der Waals surface area contributed by atoms with Crippen LogP contribution in [0, 0.1) is 0 Å². The van der Waals surface area contributed by atoms with Crippen LogP contribution in [0.3, 0.4) is 0 Å². The smallest absolute Gasteiger partial charge is 0.356 e. The van der Waals surface area contributed by atoms with Gasteiger partial charge in [-0.15, -0.1) is 0 Å². The number of amides is 1. The van der Waals surface area contributed by atoms with E-state index in [1.807, 2.05) is 30.3 Å². The Morgan fingerprint density at radius 1 is 1.10 bits per heavy atom. The third-order valence-electron chi connectivity index (χ3n) is 4.80. The lowest BCUT2D eigenvalue weighted by atomic mass is 10.1. The molecule has 0 aliphatic carbocycles. The van der Waals surface area contributed by atoms with Crippen molar-refractivity contribution >= 4 is 34.1 Å². The summed E-state index contributed by atoms with van der Waals surface area (Å²) in [5, 5.41) is 16.2. The first-order valence-electron chi connectivity index (χ1n) is 9.03. The highest BCUT2D eigenvalue weighted by molar-refractivity contribution is 5.94. The molecule has 0 radical (unpaired) electrons. The van der Waals surface area contributed by atoms with Gasteiger partial charge in [0.15, 0.2) is 5.69 Å². The fraction of sp³-hybridized carbons (Fsp3) is 0.143. The number of aryl methyl sites for hydroxylation is 2. The minimum atomic E-state index is -1.21. The molecular formula is C21H18N4O4. The number of anilines is 1. The number of carboxylic acids is 1. The maximum absolute atomic E-state index is 12.8. The summed E-state index contributed by atoms with van der Waals surface area (Å²) in [6, 6.07) is 16.1. The maximum atomic E-state index is 12.8. The molecule has 2 N–H and O–H groups in total. The topological polar surface area (TPSA) is 106 Å². The van der Waals surface area contributed by atoms with Crippen molar-refractivity contribution in [1.29, 1.82) is 0 Å². The molecular weight excluding hydrogens is 372 g/mol. The van der Waals surface area contributed by atoms with Gasteiger partial charge < -0.3 is 15.0 Å². The molecule has 2 aromatic heterocycles. The third-order valence-corrected chi connectivity index (χ3v) is 4.80. The first-order chi connectivity index (χ1) is 13.9. The summed E-state index contributed by atoms with van der Waals surface area (Å²) in [6.07, 6.45) is 0.939. The van der Waals surface area contributed by atoms with Crippen LogP contribution in [0.25, 0.3) is 16.6 Å². The molecule has 0 fully saturated rings. The molecule has 0 unspecified atom stereocenters. The van der Waals surface area contributed by atoms with Crippen molar-refractivity contribution < 1.29 is 14.7 Å². The second-order valence-corrected chi connectivity index (χ2v) is 6.73. The molecule has 0 atom stereocenters. The monoisotopic (exact) mass is 390 g/mol. The van der Waals surface area contributed by atoms with Gasteiger partial charge in [-0.3, -0.25) is 9.59 Å². The van der Waals surface area contributed by atoms with Crippen molar-refractivity contribution in [3.63, 3.8) is 0 Å². The summed E-state index contributed by atoms with van der Waals surface area (Å²) < 4.78 is 2.75. The zero-order valence-corrected chi connectivity index (χ0v) is 15.6. The number of carbonyl (C=O) groups is 2. The normalized spacial score (nSPS) is 11.1. The summed E-state index contributed by atoms with van der Waals surface area (Å²) in [5.74, 6) is -1.36.